The van der Waals surface area contributed by atoms with Crippen molar-refractivity contribution < 1.29 is 9.53 Å². The van der Waals surface area contributed by atoms with Crippen molar-refractivity contribution in [1.29, 1.82) is 0 Å². The second kappa shape index (κ2) is 6.70. The SMILES string of the molecule is CC1(C)CC[C@]23CC[C@]4(C)[C@H](CC[C@@H]5[C@@]6(C)CC(=O)[C@@H](Br)C(C)(C)[C@@H]6CC[C@]54C)[C@H]2[C@H]1OC3. The molecule has 0 aromatic heterocycles. The number of Topliss-reactive ketones (excluding diaryl/α,β-unsaturated/α-hetero) is 1. The van der Waals surface area contributed by atoms with Crippen LogP contribution in [0.5, 0.6) is 0 Å². The molecule has 10 atom stereocenters. The average Bonchev–Trinajstić information content (AvgIpc) is 3.06. The van der Waals surface area contributed by atoms with Crippen molar-refractivity contribution in [2.45, 2.75) is 117 Å². The van der Waals surface area contributed by atoms with E-state index >= 15 is 0 Å². The second-order valence-corrected chi connectivity index (χ2v) is 16.5. The van der Waals surface area contributed by atoms with Crippen LogP contribution in [0.15, 0.2) is 0 Å². The fourth-order valence-electron chi connectivity index (χ4n) is 11.9. The Labute approximate surface area is 210 Å². The summed E-state index contributed by atoms with van der Waals surface area (Å²) >= 11 is 3.83. The molecule has 2 nitrogen and oxygen atoms in total. The van der Waals surface area contributed by atoms with E-state index in [1.807, 2.05) is 0 Å². The third kappa shape index (κ3) is 2.63. The lowest BCUT2D eigenvalue weighted by molar-refractivity contribution is -0.239. The maximum absolute atomic E-state index is 13.3. The number of ketones is 1. The van der Waals surface area contributed by atoms with Gasteiger partial charge in [0.2, 0.25) is 0 Å². The largest absolute Gasteiger partial charge is 0.377 e. The minimum Gasteiger partial charge on any atom is -0.377 e. The first-order valence-electron chi connectivity index (χ1n) is 14.0. The van der Waals surface area contributed by atoms with Gasteiger partial charge in [0.1, 0.15) is 5.78 Å². The normalized spacial score (nSPS) is 58.6. The molecule has 6 rings (SSSR count). The Kier molecular flexibility index (Phi) is 4.77. The molecule has 1 saturated heterocycles. The summed E-state index contributed by atoms with van der Waals surface area (Å²) in [4.78, 5) is 13.3. The maximum atomic E-state index is 13.3. The van der Waals surface area contributed by atoms with Gasteiger partial charge in [-0.1, -0.05) is 64.4 Å². The van der Waals surface area contributed by atoms with E-state index in [0.717, 1.165) is 24.9 Å². The van der Waals surface area contributed by atoms with E-state index in [2.05, 4.69) is 64.4 Å². The van der Waals surface area contributed by atoms with Crippen molar-refractivity contribution >= 4 is 21.7 Å². The first-order chi connectivity index (χ1) is 15.2. The lowest BCUT2D eigenvalue weighted by atomic mass is 9.31. The molecular formula is C30H47BrO2. The van der Waals surface area contributed by atoms with Gasteiger partial charge in [0, 0.05) is 6.42 Å². The number of alkyl halides is 1. The monoisotopic (exact) mass is 518 g/mol. The molecule has 186 valence electrons. The lowest BCUT2D eigenvalue weighted by Crippen LogP contribution is -2.68. The Balaban J connectivity index is 1.41. The van der Waals surface area contributed by atoms with Crippen molar-refractivity contribution in [2.24, 2.45) is 56.2 Å². The third-order valence-corrected chi connectivity index (χ3v) is 15.5. The van der Waals surface area contributed by atoms with Crippen LogP contribution >= 0.6 is 15.9 Å². The van der Waals surface area contributed by atoms with Gasteiger partial charge in [0.05, 0.1) is 17.5 Å². The van der Waals surface area contributed by atoms with Gasteiger partial charge in [-0.15, -0.1) is 0 Å². The Morgan fingerprint density at radius 2 is 1.52 bits per heavy atom. The highest BCUT2D eigenvalue weighted by Gasteiger charge is 2.73. The van der Waals surface area contributed by atoms with Crippen LogP contribution in [0.4, 0.5) is 0 Å². The molecule has 6 aliphatic rings. The van der Waals surface area contributed by atoms with E-state index in [4.69, 9.17) is 4.74 Å². The van der Waals surface area contributed by atoms with Crippen molar-refractivity contribution in [3.8, 4) is 0 Å². The summed E-state index contributed by atoms with van der Waals surface area (Å²) in [5.74, 6) is 3.29. The number of rotatable bonds is 0. The van der Waals surface area contributed by atoms with Crippen LogP contribution in [0.2, 0.25) is 0 Å². The summed E-state index contributed by atoms with van der Waals surface area (Å²) in [6.45, 7) is 18.6. The summed E-state index contributed by atoms with van der Waals surface area (Å²) in [7, 11) is 0. The Morgan fingerprint density at radius 3 is 2.24 bits per heavy atom. The molecule has 6 fully saturated rings. The molecule has 0 spiro atoms. The molecule has 33 heavy (non-hydrogen) atoms. The minimum atomic E-state index is 0.0196. The summed E-state index contributed by atoms with van der Waals surface area (Å²) in [5, 5.41) is 0. The quantitative estimate of drug-likeness (QED) is 0.305. The molecule has 1 aliphatic heterocycles. The van der Waals surface area contributed by atoms with Gasteiger partial charge in [-0.25, -0.2) is 0 Å². The number of halogens is 1. The summed E-state index contributed by atoms with van der Waals surface area (Å²) in [6, 6.07) is 0. The van der Waals surface area contributed by atoms with Crippen molar-refractivity contribution in [1.82, 2.24) is 0 Å². The molecule has 0 aromatic rings. The third-order valence-electron chi connectivity index (χ3n) is 13.8. The molecule has 0 unspecified atom stereocenters. The lowest BCUT2D eigenvalue weighted by Gasteiger charge is -2.73. The number of carbonyl (C=O) groups is 1. The minimum absolute atomic E-state index is 0.0196. The highest BCUT2D eigenvalue weighted by Crippen LogP contribution is 2.78. The van der Waals surface area contributed by atoms with Crippen molar-refractivity contribution in [3.05, 3.63) is 0 Å². The van der Waals surface area contributed by atoms with Crippen molar-refractivity contribution in [3.63, 3.8) is 0 Å². The predicted octanol–water partition coefficient (Wildman–Crippen LogP) is 7.82. The Morgan fingerprint density at radius 1 is 0.818 bits per heavy atom. The fourth-order valence-corrected chi connectivity index (χ4v) is 12.3. The van der Waals surface area contributed by atoms with Gasteiger partial charge in [0.15, 0.2) is 0 Å². The molecule has 0 aromatic carbocycles. The van der Waals surface area contributed by atoms with Gasteiger partial charge >= 0.3 is 0 Å². The number of ether oxygens (including phenoxy) is 1. The van der Waals surface area contributed by atoms with Crippen LogP contribution in [-0.2, 0) is 9.53 Å². The van der Waals surface area contributed by atoms with Gasteiger partial charge in [-0.2, -0.15) is 0 Å². The summed E-state index contributed by atoms with van der Waals surface area (Å²) in [6.07, 6.45) is 12.0. The Hall–Kier alpha value is 0.110. The highest BCUT2D eigenvalue weighted by molar-refractivity contribution is 9.10. The molecule has 0 amide bonds. The topological polar surface area (TPSA) is 26.3 Å². The van der Waals surface area contributed by atoms with Crippen LogP contribution in [0.3, 0.4) is 0 Å². The first-order valence-corrected chi connectivity index (χ1v) is 14.9. The zero-order chi connectivity index (χ0) is 23.8. The average molecular weight is 520 g/mol. The van der Waals surface area contributed by atoms with Crippen LogP contribution in [-0.4, -0.2) is 23.3 Å². The van der Waals surface area contributed by atoms with Crippen LogP contribution < -0.4 is 0 Å². The van der Waals surface area contributed by atoms with E-state index in [9.17, 15) is 4.79 Å². The smallest absolute Gasteiger partial charge is 0.147 e. The van der Waals surface area contributed by atoms with Gasteiger partial charge in [0.25, 0.3) is 0 Å². The molecule has 3 heteroatoms. The van der Waals surface area contributed by atoms with Gasteiger partial charge in [-0.05, 0) is 108 Å². The predicted molar refractivity (Wildman–Crippen MR) is 137 cm³/mol. The zero-order valence-corrected chi connectivity index (χ0v) is 23.8. The Bertz CT molecular complexity index is 879. The fraction of sp³-hybridized carbons (Fsp3) is 0.967. The van der Waals surface area contributed by atoms with E-state index in [-0.39, 0.29) is 15.7 Å². The maximum Gasteiger partial charge on any atom is 0.147 e. The zero-order valence-electron chi connectivity index (χ0n) is 22.2. The number of hydrogen-bond donors (Lipinski definition) is 0. The van der Waals surface area contributed by atoms with E-state index in [1.165, 1.54) is 51.4 Å². The second-order valence-electron chi connectivity index (χ2n) is 15.6. The standard InChI is InChI=1S/C30H47BrO2/c1-25(2)12-14-30-15-13-28(6)18(22(30)24(25)33-17-30)8-9-21-27(5)16-19(32)23(31)26(3,4)20(27)10-11-29(21,28)7/h18,20-24H,8-17H2,1-7H3/t18-,20+,21-,22+,23-,24-,27+,28-,29-,30-/m1/s1. The molecular weight excluding hydrogens is 472 g/mol. The molecule has 0 N–H and O–H groups in total. The number of fused-ring (bicyclic) bond motifs is 5. The molecule has 2 bridgehead atoms. The number of hydrogen-bond acceptors (Lipinski definition) is 2. The first kappa shape index (κ1) is 23.5. The van der Waals surface area contributed by atoms with E-state index in [1.54, 1.807) is 0 Å². The van der Waals surface area contributed by atoms with Crippen LogP contribution in [0, 0.1) is 56.2 Å². The number of carbonyl (C=O) groups excluding carboxylic acids is 1. The molecule has 5 aliphatic carbocycles. The van der Waals surface area contributed by atoms with E-state index < -0.39 is 0 Å². The van der Waals surface area contributed by atoms with Crippen LogP contribution in [0.1, 0.15) is 106 Å². The van der Waals surface area contributed by atoms with Gasteiger partial charge in [-0.3, -0.25) is 4.79 Å². The molecule has 1 heterocycles. The summed E-state index contributed by atoms with van der Waals surface area (Å²) < 4.78 is 6.70. The molecule has 5 saturated carbocycles. The van der Waals surface area contributed by atoms with Gasteiger partial charge < -0.3 is 4.74 Å². The van der Waals surface area contributed by atoms with Crippen molar-refractivity contribution in [2.75, 3.05) is 6.61 Å². The van der Waals surface area contributed by atoms with E-state index in [0.29, 0.717) is 45.4 Å². The highest BCUT2D eigenvalue weighted by atomic mass is 79.9. The molecule has 0 radical (unpaired) electrons. The van der Waals surface area contributed by atoms with Crippen LogP contribution in [0.25, 0.3) is 0 Å². The summed E-state index contributed by atoms with van der Waals surface area (Å²) in [5.41, 5.74) is 1.66.